The van der Waals surface area contributed by atoms with Gasteiger partial charge in [-0.15, -0.1) is 10.2 Å². The second kappa shape index (κ2) is 8.29. The summed E-state index contributed by atoms with van der Waals surface area (Å²) < 4.78 is 43.6. The molecule has 0 bridgehead atoms. The van der Waals surface area contributed by atoms with E-state index < -0.39 is 23.8 Å². The molecule has 1 fully saturated rings. The maximum absolute atomic E-state index is 13.1. The van der Waals surface area contributed by atoms with Gasteiger partial charge in [-0.1, -0.05) is 29.8 Å². The SMILES string of the molecule is NC(=O)OC(=O)c1ccc(N2CCC(=Cc3ccccc3C(F)(F)F)CC2)nn1. The molecule has 0 spiro atoms. The van der Waals surface area contributed by atoms with E-state index in [0.717, 1.165) is 11.6 Å². The van der Waals surface area contributed by atoms with Crippen molar-refractivity contribution in [2.45, 2.75) is 19.0 Å². The molecule has 0 atom stereocenters. The Bertz CT molecular complexity index is 932. The smallest absolute Gasteiger partial charge is 0.371 e. The Morgan fingerprint density at radius 2 is 1.76 bits per heavy atom. The highest BCUT2D eigenvalue weighted by molar-refractivity contribution is 5.94. The number of anilines is 1. The van der Waals surface area contributed by atoms with Gasteiger partial charge >= 0.3 is 18.2 Å². The fourth-order valence-electron chi connectivity index (χ4n) is 3.01. The number of amides is 1. The molecule has 7 nitrogen and oxygen atoms in total. The highest BCUT2D eigenvalue weighted by atomic mass is 19.4. The number of nitrogens with two attached hydrogens (primary N) is 1. The molecule has 2 aromatic rings. The van der Waals surface area contributed by atoms with Crippen LogP contribution in [0.4, 0.5) is 23.8 Å². The topological polar surface area (TPSA) is 98.4 Å². The second-order valence-electron chi connectivity index (χ2n) is 6.36. The first-order chi connectivity index (χ1) is 13.7. The number of hydrogen-bond donors (Lipinski definition) is 1. The van der Waals surface area contributed by atoms with Crippen LogP contribution in [-0.4, -0.2) is 35.3 Å². The summed E-state index contributed by atoms with van der Waals surface area (Å²) in [6, 6.07) is 8.39. The van der Waals surface area contributed by atoms with Crippen molar-refractivity contribution in [3.63, 3.8) is 0 Å². The van der Waals surface area contributed by atoms with Gasteiger partial charge in [-0.25, -0.2) is 9.59 Å². The predicted molar refractivity (Wildman–Crippen MR) is 97.9 cm³/mol. The van der Waals surface area contributed by atoms with E-state index in [4.69, 9.17) is 5.73 Å². The summed E-state index contributed by atoms with van der Waals surface area (Å²) in [5.41, 5.74) is 5.02. The van der Waals surface area contributed by atoms with E-state index in [1.807, 2.05) is 4.90 Å². The van der Waals surface area contributed by atoms with Crippen molar-refractivity contribution in [1.29, 1.82) is 0 Å². The largest absolute Gasteiger partial charge is 0.416 e. The summed E-state index contributed by atoms with van der Waals surface area (Å²) in [6.45, 7) is 1.08. The zero-order valence-corrected chi connectivity index (χ0v) is 15.1. The monoisotopic (exact) mass is 406 g/mol. The molecule has 0 saturated carbocycles. The number of carbonyl (C=O) groups is 2. The third-order valence-electron chi connectivity index (χ3n) is 4.41. The standard InChI is InChI=1S/C19H17F3N4O3/c20-19(21,22)14-4-2-1-3-13(14)11-12-7-9-26(10-8-12)16-6-5-15(24-25-16)17(27)29-18(23)28/h1-6,11H,7-10H2,(H2,23,28). The lowest BCUT2D eigenvalue weighted by molar-refractivity contribution is -0.137. The highest BCUT2D eigenvalue weighted by Gasteiger charge is 2.32. The van der Waals surface area contributed by atoms with Gasteiger partial charge in [0, 0.05) is 13.1 Å². The maximum Gasteiger partial charge on any atom is 0.416 e. The minimum atomic E-state index is -4.40. The molecular formula is C19H17F3N4O3. The van der Waals surface area contributed by atoms with Gasteiger partial charge in [0.2, 0.25) is 0 Å². The summed E-state index contributed by atoms with van der Waals surface area (Å²) in [4.78, 5) is 24.0. The fraction of sp³-hybridized carbons (Fsp3) is 0.263. The van der Waals surface area contributed by atoms with Crippen LogP contribution in [0.5, 0.6) is 0 Å². The van der Waals surface area contributed by atoms with Crippen LogP contribution in [0.3, 0.4) is 0 Å². The maximum atomic E-state index is 13.1. The van der Waals surface area contributed by atoms with E-state index in [2.05, 4.69) is 14.9 Å². The molecule has 1 saturated heterocycles. The van der Waals surface area contributed by atoms with Gasteiger partial charge in [0.15, 0.2) is 11.5 Å². The van der Waals surface area contributed by atoms with Crippen molar-refractivity contribution in [2.75, 3.05) is 18.0 Å². The Labute approximate surface area is 164 Å². The first-order valence-corrected chi connectivity index (χ1v) is 8.70. The molecule has 2 heterocycles. The number of benzene rings is 1. The van der Waals surface area contributed by atoms with E-state index in [0.29, 0.717) is 31.7 Å². The second-order valence-corrected chi connectivity index (χ2v) is 6.36. The minimum Gasteiger partial charge on any atom is -0.371 e. The van der Waals surface area contributed by atoms with E-state index >= 15 is 0 Å². The molecule has 2 N–H and O–H groups in total. The molecule has 3 rings (SSSR count). The number of esters is 1. The summed E-state index contributed by atoms with van der Waals surface area (Å²) >= 11 is 0. The van der Waals surface area contributed by atoms with Gasteiger partial charge in [0.05, 0.1) is 5.56 Å². The highest BCUT2D eigenvalue weighted by Crippen LogP contribution is 2.33. The molecule has 152 valence electrons. The number of halogens is 3. The number of nitrogens with zero attached hydrogens (tertiary/aromatic N) is 3. The molecule has 1 aromatic heterocycles. The van der Waals surface area contributed by atoms with Crippen LogP contribution in [0.15, 0.2) is 42.0 Å². The summed E-state index contributed by atoms with van der Waals surface area (Å²) in [7, 11) is 0. The Balaban J connectivity index is 1.66. The molecule has 0 unspecified atom stereocenters. The van der Waals surface area contributed by atoms with E-state index in [-0.39, 0.29) is 11.3 Å². The number of hydrogen-bond acceptors (Lipinski definition) is 6. The predicted octanol–water partition coefficient (Wildman–Crippen LogP) is 3.41. The van der Waals surface area contributed by atoms with Crippen LogP contribution in [0, 0.1) is 0 Å². The quantitative estimate of drug-likeness (QED) is 0.620. The van der Waals surface area contributed by atoms with Crippen molar-refractivity contribution in [3.05, 3.63) is 58.8 Å². The molecule has 0 aliphatic carbocycles. The number of ether oxygens (including phenoxy) is 1. The number of rotatable bonds is 3. The van der Waals surface area contributed by atoms with Gasteiger partial charge in [-0.3, -0.25) is 0 Å². The van der Waals surface area contributed by atoms with E-state index in [9.17, 15) is 22.8 Å². The number of primary amides is 1. The Kier molecular flexibility index (Phi) is 5.81. The molecule has 10 heteroatoms. The normalized spacial score (nSPS) is 14.4. The molecule has 1 aliphatic rings. The van der Waals surface area contributed by atoms with Crippen LogP contribution in [-0.2, 0) is 10.9 Å². The Morgan fingerprint density at radius 3 is 2.34 bits per heavy atom. The van der Waals surface area contributed by atoms with Crippen molar-refractivity contribution < 1.29 is 27.5 Å². The third kappa shape index (κ3) is 5.09. The van der Waals surface area contributed by atoms with Gasteiger partial charge in [0.1, 0.15) is 0 Å². The van der Waals surface area contributed by atoms with Crippen LogP contribution in [0.2, 0.25) is 0 Å². The Morgan fingerprint density at radius 1 is 1.07 bits per heavy atom. The number of piperidine rings is 1. The zero-order chi connectivity index (χ0) is 21.0. The fourth-order valence-corrected chi connectivity index (χ4v) is 3.01. The molecule has 29 heavy (non-hydrogen) atoms. The molecular weight excluding hydrogens is 389 g/mol. The lowest BCUT2D eigenvalue weighted by Crippen LogP contribution is -2.31. The number of aromatic nitrogens is 2. The molecule has 0 radical (unpaired) electrons. The summed E-state index contributed by atoms with van der Waals surface area (Å²) in [6.07, 6.45) is -2.90. The van der Waals surface area contributed by atoms with E-state index in [1.54, 1.807) is 18.2 Å². The van der Waals surface area contributed by atoms with E-state index in [1.165, 1.54) is 18.2 Å². The van der Waals surface area contributed by atoms with Crippen LogP contribution >= 0.6 is 0 Å². The van der Waals surface area contributed by atoms with Crippen molar-refractivity contribution >= 4 is 24.0 Å². The lowest BCUT2D eigenvalue weighted by atomic mass is 9.98. The zero-order valence-electron chi connectivity index (χ0n) is 15.1. The average Bonchev–Trinajstić information content (AvgIpc) is 2.68. The summed E-state index contributed by atoms with van der Waals surface area (Å²) in [5, 5.41) is 7.66. The van der Waals surface area contributed by atoms with Crippen molar-refractivity contribution in [3.8, 4) is 0 Å². The van der Waals surface area contributed by atoms with Crippen LogP contribution in [0.1, 0.15) is 34.5 Å². The summed E-state index contributed by atoms with van der Waals surface area (Å²) in [5.74, 6) is -0.487. The van der Waals surface area contributed by atoms with Gasteiger partial charge in [0.25, 0.3) is 0 Å². The average molecular weight is 406 g/mol. The number of carbonyl (C=O) groups excluding carboxylic acids is 2. The van der Waals surface area contributed by atoms with Crippen LogP contribution < -0.4 is 10.6 Å². The molecule has 1 aliphatic heterocycles. The number of alkyl halides is 3. The Hall–Kier alpha value is -3.43. The lowest BCUT2D eigenvalue weighted by Gasteiger charge is -2.29. The van der Waals surface area contributed by atoms with Crippen molar-refractivity contribution in [1.82, 2.24) is 10.2 Å². The van der Waals surface area contributed by atoms with Crippen LogP contribution in [0.25, 0.3) is 6.08 Å². The third-order valence-corrected chi connectivity index (χ3v) is 4.41. The van der Waals surface area contributed by atoms with Gasteiger partial charge < -0.3 is 15.4 Å². The molecule has 1 aromatic carbocycles. The van der Waals surface area contributed by atoms with Crippen molar-refractivity contribution in [2.24, 2.45) is 5.73 Å². The first kappa shape index (κ1) is 20.3. The van der Waals surface area contributed by atoms with Gasteiger partial charge in [-0.05, 0) is 36.6 Å². The van der Waals surface area contributed by atoms with Gasteiger partial charge in [-0.2, -0.15) is 13.2 Å². The minimum absolute atomic E-state index is 0.153. The first-order valence-electron chi connectivity index (χ1n) is 8.70. The molecule has 1 amide bonds.